The SMILES string of the molecule is CCOc1cc(NCc2ccccc2CN2CCC(O)CC2)ncn1. The van der Waals surface area contributed by atoms with E-state index in [2.05, 4.69) is 44.5 Å². The number of benzene rings is 1. The smallest absolute Gasteiger partial charge is 0.218 e. The normalized spacial score (nSPS) is 15.9. The Balaban J connectivity index is 1.62. The second-order valence-corrected chi connectivity index (χ2v) is 6.30. The molecule has 0 saturated carbocycles. The molecule has 1 aliphatic rings. The van der Waals surface area contributed by atoms with Crippen molar-refractivity contribution in [1.82, 2.24) is 14.9 Å². The molecular formula is C19H26N4O2. The van der Waals surface area contributed by atoms with Crippen LogP contribution in [0.4, 0.5) is 5.82 Å². The molecule has 1 fully saturated rings. The number of aromatic nitrogens is 2. The first kappa shape index (κ1) is 17.6. The van der Waals surface area contributed by atoms with Gasteiger partial charge in [0.2, 0.25) is 5.88 Å². The molecule has 0 bridgehead atoms. The number of nitrogens with zero attached hydrogens (tertiary/aromatic N) is 3. The highest BCUT2D eigenvalue weighted by atomic mass is 16.5. The van der Waals surface area contributed by atoms with Crippen molar-refractivity contribution in [2.45, 2.75) is 39.0 Å². The van der Waals surface area contributed by atoms with Gasteiger partial charge in [-0.25, -0.2) is 9.97 Å². The summed E-state index contributed by atoms with van der Waals surface area (Å²) >= 11 is 0. The van der Waals surface area contributed by atoms with E-state index in [1.165, 1.54) is 17.5 Å². The molecule has 25 heavy (non-hydrogen) atoms. The molecule has 0 atom stereocenters. The van der Waals surface area contributed by atoms with E-state index in [9.17, 15) is 5.11 Å². The van der Waals surface area contributed by atoms with Gasteiger partial charge in [0.05, 0.1) is 12.7 Å². The fourth-order valence-electron chi connectivity index (χ4n) is 3.05. The summed E-state index contributed by atoms with van der Waals surface area (Å²) in [5.41, 5.74) is 2.57. The van der Waals surface area contributed by atoms with Crippen LogP contribution in [-0.4, -0.2) is 45.8 Å². The molecule has 0 spiro atoms. The Kier molecular flexibility index (Phi) is 6.19. The predicted octanol–water partition coefficient (Wildman–Crippen LogP) is 2.44. The highest BCUT2D eigenvalue weighted by Gasteiger charge is 2.17. The Bertz CT molecular complexity index is 672. The zero-order valence-electron chi connectivity index (χ0n) is 14.7. The summed E-state index contributed by atoms with van der Waals surface area (Å²) in [7, 11) is 0. The van der Waals surface area contributed by atoms with Gasteiger partial charge < -0.3 is 15.2 Å². The lowest BCUT2D eigenvalue weighted by Gasteiger charge is -2.30. The molecule has 2 heterocycles. The standard InChI is InChI=1S/C19H26N4O2/c1-2-25-19-11-18(21-14-22-19)20-12-15-5-3-4-6-16(15)13-23-9-7-17(24)8-10-23/h3-6,11,14,17,24H,2,7-10,12-13H2,1H3,(H,20,21,22). The van der Waals surface area contributed by atoms with Gasteiger partial charge in [0, 0.05) is 32.2 Å². The molecule has 3 rings (SSSR count). The van der Waals surface area contributed by atoms with Crippen molar-refractivity contribution in [3.05, 3.63) is 47.8 Å². The van der Waals surface area contributed by atoms with Crippen LogP contribution in [0.15, 0.2) is 36.7 Å². The topological polar surface area (TPSA) is 70.5 Å². The third-order valence-electron chi connectivity index (χ3n) is 4.46. The number of rotatable bonds is 7. The molecule has 2 aromatic rings. The first-order valence-electron chi connectivity index (χ1n) is 8.90. The third kappa shape index (κ3) is 5.14. The molecule has 0 unspecified atom stereocenters. The quantitative estimate of drug-likeness (QED) is 0.805. The van der Waals surface area contributed by atoms with Gasteiger partial charge in [-0.3, -0.25) is 4.90 Å². The van der Waals surface area contributed by atoms with E-state index in [4.69, 9.17) is 4.74 Å². The van der Waals surface area contributed by atoms with Gasteiger partial charge in [-0.2, -0.15) is 0 Å². The molecule has 1 aromatic carbocycles. The molecule has 6 heteroatoms. The van der Waals surface area contributed by atoms with Gasteiger partial charge in [-0.1, -0.05) is 24.3 Å². The summed E-state index contributed by atoms with van der Waals surface area (Å²) in [5.74, 6) is 1.34. The molecule has 2 N–H and O–H groups in total. The van der Waals surface area contributed by atoms with Crippen molar-refractivity contribution < 1.29 is 9.84 Å². The number of piperidine rings is 1. The molecule has 1 saturated heterocycles. The van der Waals surface area contributed by atoms with Gasteiger partial charge in [-0.15, -0.1) is 0 Å². The van der Waals surface area contributed by atoms with Crippen molar-refractivity contribution in [1.29, 1.82) is 0 Å². The minimum Gasteiger partial charge on any atom is -0.478 e. The number of hydrogen-bond donors (Lipinski definition) is 2. The van der Waals surface area contributed by atoms with Gasteiger partial charge in [0.15, 0.2) is 0 Å². The Morgan fingerprint density at radius 3 is 2.72 bits per heavy atom. The predicted molar refractivity (Wildman–Crippen MR) is 97.5 cm³/mol. The van der Waals surface area contributed by atoms with E-state index in [1.807, 2.05) is 13.0 Å². The largest absolute Gasteiger partial charge is 0.478 e. The lowest BCUT2D eigenvalue weighted by molar-refractivity contribution is 0.0791. The van der Waals surface area contributed by atoms with Crippen molar-refractivity contribution in [3.63, 3.8) is 0 Å². The van der Waals surface area contributed by atoms with Crippen LogP contribution in [0, 0.1) is 0 Å². The first-order chi connectivity index (χ1) is 12.2. The Morgan fingerprint density at radius 2 is 1.96 bits per heavy atom. The number of hydrogen-bond acceptors (Lipinski definition) is 6. The van der Waals surface area contributed by atoms with E-state index in [0.717, 1.165) is 38.3 Å². The average molecular weight is 342 g/mol. The van der Waals surface area contributed by atoms with Gasteiger partial charge in [-0.05, 0) is 30.9 Å². The second-order valence-electron chi connectivity index (χ2n) is 6.30. The van der Waals surface area contributed by atoms with Crippen molar-refractivity contribution in [3.8, 4) is 5.88 Å². The monoisotopic (exact) mass is 342 g/mol. The van der Waals surface area contributed by atoms with Crippen LogP contribution in [0.1, 0.15) is 30.9 Å². The molecule has 0 aliphatic carbocycles. The van der Waals surface area contributed by atoms with Gasteiger partial charge in [0.25, 0.3) is 0 Å². The Morgan fingerprint density at radius 1 is 1.20 bits per heavy atom. The van der Waals surface area contributed by atoms with Gasteiger partial charge in [0.1, 0.15) is 12.1 Å². The zero-order chi connectivity index (χ0) is 17.5. The van der Waals surface area contributed by atoms with E-state index >= 15 is 0 Å². The minimum atomic E-state index is -0.134. The molecule has 6 nitrogen and oxygen atoms in total. The maximum Gasteiger partial charge on any atom is 0.218 e. The maximum atomic E-state index is 9.66. The third-order valence-corrected chi connectivity index (χ3v) is 4.46. The first-order valence-corrected chi connectivity index (χ1v) is 8.90. The number of ether oxygens (including phenoxy) is 1. The number of anilines is 1. The Hall–Kier alpha value is -2.18. The van der Waals surface area contributed by atoms with Crippen molar-refractivity contribution in [2.75, 3.05) is 25.0 Å². The molecular weight excluding hydrogens is 316 g/mol. The van der Waals surface area contributed by atoms with Crippen LogP contribution < -0.4 is 10.1 Å². The lowest BCUT2D eigenvalue weighted by atomic mass is 10.0. The fourth-order valence-corrected chi connectivity index (χ4v) is 3.05. The highest BCUT2D eigenvalue weighted by molar-refractivity contribution is 5.39. The maximum absolute atomic E-state index is 9.66. The second kappa shape index (κ2) is 8.78. The lowest BCUT2D eigenvalue weighted by Crippen LogP contribution is -2.35. The molecule has 1 aliphatic heterocycles. The van der Waals surface area contributed by atoms with Crippen LogP contribution in [-0.2, 0) is 13.1 Å². The van der Waals surface area contributed by atoms with Crippen molar-refractivity contribution in [2.24, 2.45) is 0 Å². The number of aliphatic hydroxyl groups excluding tert-OH is 1. The van der Waals surface area contributed by atoms with E-state index in [-0.39, 0.29) is 6.10 Å². The Labute approximate surface area is 148 Å². The highest BCUT2D eigenvalue weighted by Crippen LogP contribution is 2.18. The summed E-state index contributed by atoms with van der Waals surface area (Å²) in [6.45, 7) is 6.04. The number of aliphatic hydroxyl groups is 1. The van der Waals surface area contributed by atoms with Crippen LogP contribution in [0.5, 0.6) is 5.88 Å². The summed E-state index contributed by atoms with van der Waals surface area (Å²) < 4.78 is 5.41. The minimum absolute atomic E-state index is 0.134. The summed E-state index contributed by atoms with van der Waals surface area (Å²) in [6.07, 6.45) is 3.10. The van der Waals surface area contributed by atoms with Crippen LogP contribution in [0.25, 0.3) is 0 Å². The van der Waals surface area contributed by atoms with Crippen LogP contribution >= 0.6 is 0 Å². The van der Waals surface area contributed by atoms with E-state index in [0.29, 0.717) is 19.0 Å². The zero-order valence-corrected chi connectivity index (χ0v) is 14.7. The van der Waals surface area contributed by atoms with E-state index in [1.54, 1.807) is 0 Å². The average Bonchev–Trinajstić information content (AvgIpc) is 2.64. The van der Waals surface area contributed by atoms with Gasteiger partial charge >= 0.3 is 0 Å². The van der Waals surface area contributed by atoms with Crippen LogP contribution in [0.2, 0.25) is 0 Å². The number of likely N-dealkylation sites (tertiary alicyclic amines) is 1. The van der Waals surface area contributed by atoms with Crippen molar-refractivity contribution >= 4 is 5.82 Å². The summed E-state index contributed by atoms with van der Waals surface area (Å²) in [4.78, 5) is 10.7. The van der Waals surface area contributed by atoms with E-state index < -0.39 is 0 Å². The molecule has 0 radical (unpaired) electrons. The summed E-state index contributed by atoms with van der Waals surface area (Å²) in [5, 5.41) is 13.0. The van der Waals surface area contributed by atoms with Crippen LogP contribution in [0.3, 0.4) is 0 Å². The molecule has 134 valence electrons. The number of nitrogens with one attached hydrogen (secondary N) is 1. The molecule has 0 amide bonds. The fraction of sp³-hybridized carbons (Fsp3) is 0.474. The molecule has 1 aromatic heterocycles. The summed E-state index contributed by atoms with van der Waals surface area (Å²) in [6, 6.07) is 10.3.